The molecule has 0 atom stereocenters. The van der Waals surface area contributed by atoms with Gasteiger partial charge in [0.25, 0.3) is 11.5 Å². The van der Waals surface area contributed by atoms with Gasteiger partial charge in [-0.25, -0.2) is 5.84 Å². The lowest BCUT2D eigenvalue weighted by Crippen LogP contribution is -2.36. The van der Waals surface area contributed by atoms with Crippen LogP contribution in [0.5, 0.6) is 0 Å². The summed E-state index contributed by atoms with van der Waals surface area (Å²) in [5.41, 5.74) is 1.71. The molecule has 0 aliphatic carbocycles. The Morgan fingerprint density at radius 2 is 2.39 bits per heavy atom. The highest BCUT2D eigenvalue weighted by atomic mass is 32.1. The van der Waals surface area contributed by atoms with Crippen LogP contribution in [0.4, 0.5) is 0 Å². The lowest BCUT2D eigenvalue weighted by Gasteiger charge is -2.04. The zero-order chi connectivity index (χ0) is 13.3. The molecule has 0 bridgehead atoms. The van der Waals surface area contributed by atoms with Crippen LogP contribution in [-0.2, 0) is 17.8 Å². The second kappa shape index (κ2) is 5.01. The summed E-state index contributed by atoms with van der Waals surface area (Å²) >= 11 is 6.57. The average molecular weight is 284 g/mol. The minimum absolute atomic E-state index is 0.183. The molecule has 0 fully saturated rings. The molecule has 0 spiro atoms. The number of hydrogen-bond donors (Lipinski definition) is 3. The van der Waals surface area contributed by atoms with Crippen molar-refractivity contribution in [3.05, 3.63) is 26.1 Å². The number of carbonyl (C=O) groups excluding carboxylic acids is 1. The highest BCUT2D eigenvalue weighted by Gasteiger charge is 2.11. The number of fused-ring (bicyclic) bond motifs is 1. The lowest BCUT2D eigenvalue weighted by molar-refractivity contribution is -0.121. The van der Waals surface area contributed by atoms with Crippen LogP contribution in [0.15, 0.2) is 10.9 Å². The Balaban J connectivity index is 2.64. The van der Waals surface area contributed by atoms with Crippen molar-refractivity contribution in [3.8, 4) is 0 Å². The topological polar surface area (TPSA) is 92.9 Å². The summed E-state index contributed by atoms with van der Waals surface area (Å²) in [6, 6.07) is 1.82. The first kappa shape index (κ1) is 12.9. The summed E-state index contributed by atoms with van der Waals surface area (Å²) in [4.78, 5) is 28.2. The Labute approximate surface area is 111 Å². The van der Waals surface area contributed by atoms with Crippen molar-refractivity contribution in [2.45, 2.75) is 19.9 Å². The predicted molar refractivity (Wildman–Crippen MR) is 73.0 cm³/mol. The molecule has 2 rings (SSSR count). The highest BCUT2D eigenvalue weighted by Crippen LogP contribution is 2.21. The van der Waals surface area contributed by atoms with E-state index in [-0.39, 0.29) is 16.9 Å². The smallest absolute Gasteiger partial charge is 0.263 e. The van der Waals surface area contributed by atoms with Crippen molar-refractivity contribution in [2.75, 3.05) is 0 Å². The first-order valence-electron chi connectivity index (χ1n) is 5.31. The number of aromatic nitrogens is 2. The van der Waals surface area contributed by atoms with Crippen molar-refractivity contribution in [1.29, 1.82) is 0 Å². The molecule has 0 unspecified atom stereocenters. The predicted octanol–water partition coefficient (Wildman–Crippen LogP) is 0.673. The zero-order valence-corrected chi connectivity index (χ0v) is 11.3. The van der Waals surface area contributed by atoms with Crippen LogP contribution >= 0.6 is 23.6 Å². The van der Waals surface area contributed by atoms with Gasteiger partial charge in [-0.2, -0.15) is 0 Å². The molecular formula is C10H12N4O2S2. The maximum Gasteiger partial charge on any atom is 0.263 e. The molecule has 2 heterocycles. The highest BCUT2D eigenvalue weighted by molar-refractivity contribution is 7.71. The van der Waals surface area contributed by atoms with Crippen LogP contribution in [0.3, 0.4) is 0 Å². The van der Waals surface area contributed by atoms with Crippen LogP contribution < -0.4 is 16.8 Å². The van der Waals surface area contributed by atoms with Crippen molar-refractivity contribution in [3.63, 3.8) is 0 Å². The van der Waals surface area contributed by atoms with E-state index < -0.39 is 5.91 Å². The Kier molecular flexibility index (Phi) is 3.60. The number of hydrogen-bond acceptors (Lipinski definition) is 5. The zero-order valence-electron chi connectivity index (χ0n) is 9.65. The van der Waals surface area contributed by atoms with Gasteiger partial charge in [0.2, 0.25) is 0 Å². The number of rotatable bonds is 3. The van der Waals surface area contributed by atoms with Crippen molar-refractivity contribution >= 4 is 39.7 Å². The molecule has 0 radical (unpaired) electrons. The lowest BCUT2D eigenvalue weighted by atomic mass is 10.3. The third-order valence-corrected chi connectivity index (χ3v) is 4.05. The van der Waals surface area contributed by atoms with E-state index in [2.05, 4.69) is 4.98 Å². The number of nitrogens with zero attached hydrogens (tertiary/aromatic N) is 1. The Hall–Kier alpha value is -1.51. The Morgan fingerprint density at radius 3 is 3.00 bits per heavy atom. The third kappa shape index (κ3) is 2.22. The minimum atomic E-state index is -0.470. The van der Waals surface area contributed by atoms with Gasteiger partial charge in [-0.3, -0.25) is 19.6 Å². The molecule has 8 heteroatoms. The molecule has 1 amide bonds. The van der Waals surface area contributed by atoms with Gasteiger partial charge in [-0.05, 0) is 24.7 Å². The van der Waals surface area contributed by atoms with E-state index >= 15 is 0 Å². The molecule has 96 valence electrons. The molecule has 18 heavy (non-hydrogen) atoms. The molecule has 0 aliphatic heterocycles. The largest absolute Gasteiger partial charge is 0.323 e. The number of nitrogens with two attached hydrogens (primary N) is 1. The molecule has 6 nitrogen and oxygen atoms in total. The summed E-state index contributed by atoms with van der Waals surface area (Å²) in [6.07, 6.45) is 0.850. The second-order valence-corrected chi connectivity index (χ2v) is 5.22. The number of nitrogens with one attached hydrogen (secondary N) is 2. The SMILES string of the molecule is CCc1cc2c(=O)n(CC(=O)NN)c(=S)[nH]c2s1. The first-order chi connectivity index (χ1) is 8.56. The average Bonchev–Trinajstić information content (AvgIpc) is 2.77. The molecule has 4 N–H and O–H groups in total. The van der Waals surface area contributed by atoms with Crippen molar-refractivity contribution in [2.24, 2.45) is 5.84 Å². The Morgan fingerprint density at radius 1 is 1.67 bits per heavy atom. The number of amides is 1. The molecule has 0 aliphatic rings. The molecule has 0 saturated heterocycles. The Bertz CT molecular complexity index is 713. The second-order valence-electron chi connectivity index (χ2n) is 3.70. The van der Waals surface area contributed by atoms with Crippen LogP contribution in [0.25, 0.3) is 10.2 Å². The van der Waals surface area contributed by atoms with E-state index in [1.54, 1.807) is 0 Å². The third-order valence-electron chi connectivity index (χ3n) is 2.54. The van der Waals surface area contributed by atoms with Gasteiger partial charge in [0.05, 0.1) is 5.39 Å². The maximum atomic E-state index is 12.2. The van der Waals surface area contributed by atoms with E-state index in [9.17, 15) is 9.59 Å². The van der Waals surface area contributed by atoms with E-state index in [4.69, 9.17) is 18.1 Å². The van der Waals surface area contributed by atoms with Gasteiger partial charge in [0.15, 0.2) is 4.77 Å². The van der Waals surface area contributed by atoms with E-state index in [0.29, 0.717) is 5.39 Å². The molecule has 2 aromatic heterocycles. The van der Waals surface area contributed by atoms with Gasteiger partial charge in [-0.1, -0.05) is 6.92 Å². The molecule has 0 saturated carbocycles. The van der Waals surface area contributed by atoms with Gasteiger partial charge < -0.3 is 4.98 Å². The number of hydrazine groups is 1. The fourth-order valence-electron chi connectivity index (χ4n) is 1.60. The molecule has 2 aromatic rings. The van der Waals surface area contributed by atoms with E-state index in [1.165, 1.54) is 15.9 Å². The van der Waals surface area contributed by atoms with E-state index in [0.717, 1.165) is 16.1 Å². The summed E-state index contributed by atoms with van der Waals surface area (Å²) < 4.78 is 1.42. The standard InChI is InChI=1S/C10H12N4O2S2/c1-2-5-3-6-8(18-5)12-10(17)14(9(6)16)4-7(15)13-11/h3H,2,4,11H2,1H3,(H,12,17)(H,13,15). The van der Waals surface area contributed by atoms with E-state index in [1.807, 2.05) is 18.4 Å². The summed E-state index contributed by atoms with van der Waals surface area (Å²) in [5, 5.41) is 0.551. The van der Waals surface area contributed by atoms with Crippen LogP contribution in [-0.4, -0.2) is 15.5 Å². The monoisotopic (exact) mass is 284 g/mol. The van der Waals surface area contributed by atoms with Crippen molar-refractivity contribution < 1.29 is 4.79 Å². The first-order valence-corrected chi connectivity index (χ1v) is 6.54. The summed E-state index contributed by atoms with van der Waals surface area (Å²) in [7, 11) is 0. The quantitative estimate of drug-likeness (QED) is 0.334. The number of aromatic amines is 1. The normalized spacial score (nSPS) is 10.8. The number of H-pyrrole nitrogens is 1. The molecular weight excluding hydrogens is 272 g/mol. The maximum absolute atomic E-state index is 12.2. The number of carbonyl (C=O) groups is 1. The van der Waals surface area contributed by atoms with Gasteiger partial charge >= 0.3 is 0 Å². The van der Waals surface area contributed by atoms with Crippen LogP contribution in [0.2, 0.25) is 0 Å². The van der Waals surface area contributed by atoms with Gasteiger partial charge in [-0.15, -0.1) is 11.3 Å². The number of aryl methyl sites for hydroxylation is 1. The summed E-state index contributed by atoms with van der Waals surface area (Å²) in [5.74, 6) is 4.53. The number of thiophene rings is 1. The van der Waals surface area contributed by atoms with Crippen LogP contribution in [0.1, 0.15) is 11.8 Å². The molecule has 0 aromatic carbocycles. The van der Waals surface area contributed by atoms with Crippen molar-refractivity contribution in [1.82, 2.24) is 15.0 Å². The fraction of sp³-hybridized carbons (Fsp3) is 0.300. The van der Waals surface area contributed by atoms with Gasteiger partial charge in [0.1, 0.15) is 11.4 Å². The fourth-order valence-corrected chi connectivity index (χ4v) is 2.90. The summed E-state index contributed by atoms with van der Waals surface area (Å²) in [6.45, 7) is 1.83. The minimum Gasteiger partial charge on any atom is -0.323 e. The van der Waals surface area contributed by atoms with Crippen LogP contribution in [0, 0.1) is 4.77 Å². The van der Waals surface area contributed by atoms with Gasteiger partial charge in [0, 0.05) is 4.88 Å².